The van der Waals surface area contributed by atoms with Crippen LogP contribution in [-0.2, 0) is 10.4 Å². The van der Waals surface area contributed by atoms with Crippen LogP contribution in [0.5, 0.6) is 0 Å². The van der Waals surface area contributed by atoms with Gasteiger partial charge in [0.15, 0.2) is 0 Å². The molecule has 0 radical (unpaired) electrons. The van der Waals surface area contributed by atoms with E-state index >= 15 is 0 Å². The van der Waals surface area contributed by atoms with Crippen LogP contribution in [0, 0.1) is 11.7 Å². The fraction of sp³-hybridized carbons (Fsp3) is 0.462. The summed E-state index contributed by atoms with van der Waals surface area (Å²) in [6.07, 6.45) is 0.892. The Morgan fingerprint density at radius 2 is 2.17 bits per heavy atom. The van der Waals surface area contributed by atoms with Gasteiger partial charge in [0, 0.05) is 10.0 Å². The maximum atomic E-state index is 13.8. The quantitative estimate of drug-likeness (QED) is 0.875. The fourth-order valence-corrected chi connectivity index (χ4v) is 2.35. The Balaban J connectivity index is 3.21. The molecule has 2 unspecified atom stereocenters. The number of rotatable bonds is 5. The lowest BCUT2D eigenvalue weighted by atomic mass is 9.80. The van der Waals surface area contributed by atoms with Gasteiger partial charge in [-0.15, -0.1) is 0 Å². The molecule has 2 atom stereocenters. The predicted molar refractivity (Wildman–Crippen MR) is 69.7 cm³/mol. The third kappa shape index (κ3) is 3.09. The van der Waals surface area contributed by atoms with Crippen molar-refractivity contribution in [2.45, 2.75) is 32.3 Å². The average Bonchev–Trinajstić information content (AvgIpc) is 2.24. The number of carboxylic acids is 1. The van der Waals surface area contributed by atoms with Gasteiger partial charge in [0.1, 0.15) is 11.4 Å². The second-order valence-corrected chi connectivity index (χ2v) is 5.37. The number of carboxylic acid groups (broad SMARTS) is 1. The summed E-state index contributed by atoms with van der Waals surface area (Å²) in [5, 5.41) is 19.5. The van der Waals surface area contributed by atoms with Crippen LogP contribution in [0.2, 0.25) is 0 Å². The Bertz CT molecular complexity index is 446. The molecule has 0 amide bonds. The maximum Gasteiger partial charge on any atom is 0.309 e. The summed E-state index contributed by atoms with van der Waals surface area (Å²) >= 11 is 3.12. The molecule has 0 aliphatic rings. The minimum atomic E-state index is -1.73. The molecule has 1 aromatic carbocycles. The van der Waals surface area contributed by atoms with Crippen LogP contribution in [-0.4, -0.2) is 16.2 Å². The van der Waals surface area contributed by atoms with Crippen molar-refractivity contribution in [1.29, 1.82) is 0 Å². The van der Waals surface area contributed by atoms with Crippen LogP contribution in [0.1, 0.15) is 32.3 Å². The van der Waals surface area contributed by atoms with Crippen molar-refractivity contribution in [3.8, 4) is 0 Å². The molecule has 2 N–H and O–H groups in total. The van der Waals surface area contributed by atoms with E-state index in [9.17, 15) is 14.3 Å². The highest BCUT2D eigenvalue weighted by molar-refractivity contribution is 9.10. The number of hydrogen-bond acceptors (Lipinski definition) is 2. The van der Waals surface area contributed by atoms with Crippen LogP contribution < -0.4 is 0 Å². The topological polar surface area (TPSA) is 57.5 Å². The zero-order valence-corrected chi connectivity index (χ0v) is 11.9. The largest absolute Gasteiger partial charge is 0.481 e. The molecule has 100 valence electrons. The van der Waals surface area contributed by atoms with Crippen molar-refractivity contribution < 1.29 is 19.4 Å². The number of halogens is 2. The lowest BCUT2D eigenvalue weighted by molar-refractivity contribution is -0.152. The molecule has 1 rings (SSSR count). The third-order valence-electron chi connectivity index (χ3n) is 3.03. The molecule has 0 fully saturated rings. The third-order valence-corrected chi connectivity index (χ3v) is 3.52. The van der Waals surface area contributed by atoms with E-state index < -0.39 is 23.3 Å². The van der Waals surface area contributed by atoms with Crippen molar-refractivity contribution in [3.05, 3.63) is 34.1 Å². The molecule has 0 aliphatic carbocycles. The number of benzene rings is 1. The van der Waals surface area contributed by atoms with Gasteiger partial charge in [0.25, 0.3) is 0 Å². The molecular weight excluding hydrogens is 303 g/mol. The van der Waals surface area contributed by atoms with Crippen molar-refractivity contribution in [2.75, 3.05) is 0 Å². The Morgan fingerprint density at radius 1 is 1.56 bits per heavy atom. The van der Waals surface area contributed by atoms with E-state index in [1.165, 1.54) is 19.1 Å². The summed E-state index contributed by atoms with van der Waals surface area (Å²) in [5.41, 5.74) is -1.72. The Kier molecular flexibility index (Phi) is 4.87. The minimum absolute atomic E-state index is 0.00606. The van der Waals surface area contributed by atoms with Gasteiger partial charge in [-0.25, -0.2) is 4.39 Å². The molecule has 3 nitrogen and oxygen atoms in total. The van der Waals surface area contributed by atoms with Crippen molar-refractivity contribution >= 4 is 21.9 Å². The summed E-state index contributed by atoms with van der Waals surface area (Å²) in [6.45, 7) is 3.16. The first-order valence-electron chi connectivity index (χ1n) is 5.71. The highest BCUT2D eigenvalue weighted by atomic mass is 79.9. The zero-order valence-electron chi connectivity index (χ0n) is 10.3. The minimum Gasteiger partial charge on any atom is -0.481 e. The summed E-state index contributed by atoms with van der Waals surface area (Å²) in [4.78, 5) is 11.2. The predicted octanol–water partition coefficient (Wildman–Crippen LogP) is 3.30. The fourth-order valence-electron chi connectivity index (χ4n) is 2.02. The van der Waals surface area contributed by atoms with Gasteiger partial charge in [-0.1, -0.05) is 35.3 Å². The van der Waals surface area contributed by atoms with Crippen molar-refractivity contribution in [2.24, 2.45) is 5.92 Å². The molecule has 5 heteroatoms. The second kappa shape index (κ2) is 5.80. The van der Waals surface area contributed by atoms with Gasteiger partial charge in [-0.3, -0.25) is 4.79 Å². The molecule has 1 aromatic rings. The first-order valence-corrected chi connectivity index (χ1v) is 6.50. The van der Waals surface area contributed by atoms with Crippen molar-refractivity contribution in [3.63, 3.8) is 0 Å². The van der Waals surface area contributed by atoms with Gasteiger partial charge < -0.3 is 10.2 Å². The Morgan fingerprint density at radius 3 is 2.61 bits per heavy atom. The Hall–Kier alpha value is -0.940. The van der Waals surface area contributed by atoms with Crippen LogP contribution in [0.25, 0.3) is 0 Å². The molecule has 0 aliphatic heterocycles. The van der Waals surface area contributed by atoms with E-state index in [1.807, 2.05) is 6.92 Å². The molecule has 18 heavy (non-hydrogen) atoms. The summed E-state index contributed by atoms with van der Waals surface area (Å²) in [5.74, 6) is -2.76. The van der Waals surface area contributed by atoms with E-state index in [0.29, 0.717) is 10.9 Å². The van der Waals surface area contributed by atoms with Crippen LogP contribution >= 0.6 is 15.9 Å². The monoisotopic (exact) mass is 318 g/mol. The number of hydrogen-bond donors (Lipinski definition) is 2. The van der Waals surface area contributed by atoms with Gasteiger partial charge in [0.05, 0.1) is 5.92 Å². The molecule has 0 saturated carbocycles. The second-order valence-electron chi connectivity index (χ2n) is 4.45. The number of carbonyl (C=O) groups is 1. The molecule has 0 aromatic heterocycles. The summed E-state index contributed by atoms with van der Waals surface area (Å²) in [6, 6.07) is 4.21. The average molecular weight is 319 g/mol. The lowest BCUT2D eigenvalue weighted by Crippen LogP contribution is -2.38. The molecule has 0 bridgehead atoms. The van der Waals surface area contributed by atoms with Crippen LogP contribution in [0.15, 0.2) is 22.7 Å². The number of aliphatic carboxylic acids is 1. The van der Waals surface area contributed by atoms with Gasteiger partial charge in [0.2, 0.25) is 0 Å². The standard InChI is InChI=1S/C13H16BrFO3/c1-3-4-10(12(16)17)13(2,18)9-6-5-8(14)7-11(9)15/h5-7,10,18H,3-4H2,1-2H3,(H,16,17). The van der Waals surface area contributed by atoms with E-state index in [0.717, 1.165) is 0 Å². The van der Waals surface area contributed by atoms with Gasteiger partial charge in [-0.2, -0.15) is 0 Å². The van der Waals surface area contributed by atoms with E-state index in [-0.39, 0.29) is 12.0 Å². The lowest BCUT2D eigenvalue weighted by Gasteiger charge is -2.30. The van der Waals surface area contributed by atoms with E-state index in [2.05, 4.69) is 15.9 Å². The normalized spacial score (nSPS) is 16.1. The SMILES string of the molecule is CCCC(C(=O)O)C(C)(O)c1ccc(Br)cc1F. The van der Waals surface area contributed by atoms with Gasteiger partial charge >= 0.3 is 5.97 Å². The molecular formula is C13H16BrFO3. The number of aliphatic hydroxyl groups is 1. The molecule has 0 saturated heterocycles. The van der Waals surface area contributed by atoms with E-state index in [4.69, 9.17) is 5.11 Å². The molecule has 0 heterocycles. The summed E-state index contributed by atoms with van der Waals surface area (Å²) < 4.78 is 14.4. The zero-order chi connectivity index (χ0) is 13.9. The van der Waals surface area contributed by atoms with Crippen LogP contribution in [0.4, 0.5) is 4.39 Å². The summed E-state index contributed by atoms with van der Waals surface area (Å²) in [7, 11) is 0. The highest BCUT2D eigenvalue weighted by Crippen LogP contribution is 2.35. The van der Waals surface area contributed by atoms with Gasteiger partial charge in [-0.05, 0) is 25.5 Å². The van der Waals surface area contributed by atoms with Crippen LogP contribution in [0.3, 0.4) is 0 Å². The molecule has 0 spiro atoms. The maximum absolute atomic E-state index is 13.8. The van der Waals surface area contributed by atoms with E-state index in [1.54, 1.807) is 6.07 Å². The highest BCUT2D eigenvalue weighted by Gasteiger charge is 2.40. The Labute approximate surface area is 114 Å². The first kappa shape index (κ1) is 15.1. The first-order chi connectivity index (χ1) is 8.30. The van der Waals surface area contributed by atoms with Crippen molar-refractivity contribution in [1.82, 2.24) is 0 Å². The smallest absolute Gasteiger partial charge is 0.309 e.